The van der Waals surface area contributed by atoms with Gasteiger partial charge in [-0.1, -0.05) is 38.1 Å². The minimum atomic E-state index is -0.686. The number of hydrogen-bond donors (Lipinski definition) is 3. The van der Waals surface area contributed by atoms with Gasteiger partial charge in [-0.2, -0.15) is 0 Å². The Morgan fingerprint density at radius 1 is 1.03 bits per heavy atom. The molecule has 204 valence electrons. The van der Waals surface area contributed by atoms with Crippen molar-refractivity contribution in [2.45, 2.75) is 65.3 Å². The van der Waals surface area contributed by atoms with E-state index in [-0.39, 0.29) is 5.41 Å². The van der Waals surface area contributed by atoms with Gasteiger partial charge < -0.3 is 20.0 Å². The van der Waals surface area contributed by atoms with Crippen LogP contribution in [-0.2, 0) is 31.0 Å². The molecule has 1 unspecified atom stereocenters. The zero-order valence-electron chi connectivity index (χ0n) is 22.6. The van der Waals surface area contributed by atoms with Crippen LogP contribution in [-0.4, -0.2) is 77.9 Å². The molecular formula is C29H41N7O2. The first-order valence-corrected chi connectivity index (χ1v) is 13.8. The summed E-state index contributed by atoms with van der Waals surface area (Å²) < 4.78 is 0. The van der Waals surface area contributed by atoms with Crippen LogP contribution in [0.5, 0.6) is 0 Å². The van der Waals surface area contributed by atoms with E-state index in [0.29, 0.717) is 25.6 Å². The van der Waals surface area contributed by atoms with Crippen molar-refractivity contribution in [3.63, 3.8) is 0 Å². The Kier molecular flexibility index (Phi) is 8.26. The summed E-state index contributed by atoms with van der Waals surface area (Å²) in [6.45, 7) is 11.5. The highest BCUT2D eigenvalue weighted by Crippen LogP contribution is 2.44. The molecule has 2 fully saturated rings. The second-order valence-electron chi connectivity index (χ2n) is 11.7. The molecule has 0 saturated carbocycles. The Bertz CT molecular complexity index is 1100. The fourth-order valence-corrected chi connectivity index (χ4v) is 6.25. The number of piperidine rings is 1. The molecule has 2 aromatic heterocycles. The Morgan fingerprint density at radius 3 is 2.16 bits per heavy atom. The molecule has 4 heterocycles. The van der Waals surface area contributed by atoms with Gasteiger partial charge in [0.2, 0.25) is 0 Å². The van der Waals surface area contributed by atoms with Crippen molar-refractivity contribution in [1.29, 1.82) is 0 Å². The number of nitrogens with zero attached hydrogens (tertiary/aromatic N) is 5. The van der Waals surface area contributed by atoms with Crippen LogP contribution in [0, 0.1) is 11.3 Å². The van der Waals surface area contributed by atoms with Crippen LogP contribution >= 0.6 is 0 Å². The highest BCUT2D eigenvalue weighted by molar-refractivity contribution is 5.74. The van der Waals surface area contributed by atoms with Crippen molar-refractivity contribution in [2.24, 2.45) is 11.3 Å². The molecule has 0 bridgehead atoms. The zero-order chi connectivity index (χ0) is 26.5. The molecule has 0 amide bonds. The molecule has 5 rings (SSSR count). The fourth-order valence-electron chi connectivity index (χ4n) is 6.25. The van der Waals surface area contributed by atoms with E-state index < -0.39 is 12.0 Å². The van der Waals surface area contributed by atoms with E-state index in [9.17, 15) is 9.90 Å². The molecule has 2 aliphatic rings. The molecule has 0 aliphatic carbocycles. The number of likely N-dealkylation sites (tertiary alicyclic amines) is 2. The van der Waals surface area contributed by atoms with Crippen LogP contribution in [0.15, 0.2) is 49.1 Å². The topological polar surface area (TPSA) is 104 Å². The average Bonchev–Trinajstić information content (AvgIpc) is 3.65. The van der Waals surface area contributed by atoms with E-state index in [0.717, 1.165) is 69.2 Å². The van der Waals surface area contributed by atoms with Crippen LogP contribution < -0.4 is 0 Å². The van der Waals surface area contributed by atoms with Gasteiger partial charge in [0.05, 0.1) is 13.1 Å². The van der Waals surface area contributed by atoms with Crippen molar-refractivity contribution >= 4 is 5.97 Å². The third-order valence-electron chi connectivity index (χ3n) is 8.10. The molecule has 9 heteroatoms. The first kappa shape index (κ1) is 26.6. The maximum Gasteiger partial charge on any atom is 0.320 e. The van der Waals surface area contributed by atoms with E-state index in [1.165, 1.54) is 5.56 Å². The summed E-state index contributed by atoms with van der Waals surface area (Å²) in [5.74, 6) is 1.83. The van der Waals surface area contributed by atoms with Crippen molar-refractivity contribution in [2.75, 3.05) is 26.2 Å². The van der Waals surface area contributed by atoms with Gasteiger partial charge in [0.1, 0.15) is 17.7 Å². The average molecular weight is 520 g/mol. The van der Waals surface area contributed by atoms with Gasteiger partial charge >= 0.3 is 5.97 Å². The minimum absolute atomic E-state index is 0.134. The minimum Gasteiger partial charge on any atom is -0.480 e. The van der Waals surface area contributed by atoms with E-state index in [2.05, 4.69) is 72.7 Å². The number of hydrogen-bond acceptors (Lipinski definition) is 6. The molecule has 1 spiro atoms. The zero-order valence-corrected chi connectivity index (χ0v) is 22.6. The van der Waals surface area contributed by atoms with Crippen LogP contribution in [0.3, 0.4) is 0 Å². The van der Waals surface area contributed by atoms with Gasteiger partial charge in [-0.3, -0.25) is 14.6 Å². The predicted octanol–water partition coefficient (Wildman–Crippen LogP) is 3.73. The van der Waals surface area contributed by atoms with Gasteiger partial charge in [-0.15, -0.1) is 0 Å². The summed E-state index contributed by atoms with van der Waals surface area (Å²) in [7, 11) is 0. The highest BCUT2D eigenvalue weighted by Gasteiger charge is 2.47. The van der Waals surface area contributed by atoms with Crippen molar-refractivity contribution in [1.82, 2.24) is 34.6 Å². The lowest BCUT2D eigenvalue weighted by Crippen LogP contribution is -2.42. The standard InChI is InChI=1S/C29H41N7O2/c1-22(2)16-34-13-7-29(8-14-34)15-25(28(37)38)36(21-29)18-24-5-3-23(4-6-24)17-35(19-26-30-9-10-31-26)20-27-32-11-12-33-27/h3-6,9-12,22,25H,7-8,13-21H2,1-2H3,(H,30,31)(H,32,33)(H,37,38). The van der Waals surface area contributed by atoms with Gasteiger partial charge in [-0.05, 0) is 54.8 Å². The first-order chi connectivity index (χ1) is 18.4. The number of aromatic amines is 2. The molecule has 2 aliphatic heterocycles. The second-order valence-corrected chi connectivity index (χ2v) is 11.7. The van der Waals surface area contributed by atoms with Gasteiger partial charge in [0.25, 0.3) is 0 Å². The summed E-state index contributed by atoms with van der Waals surface area (Å²) in [5.41, 5.74) is 2.50. The summed E-state index contributed by atoms with van der Waals surface area (Å²) in [5, 5.41) is 10.0. The Labute approximate surface area is 225 Å². The number of rotatable bonds is 11. The summed E-state index contributed by atoms with van der Waals surface area (Å²) in [6, 6.07) is 8.24. The number of nitrogens with one attached hydrogen (secondary N) is 2. The predicted molar refractivity (Wildman–Crippen MR) is 146 cm³/mol. The van der Waals surface area contributed by atoms with Crippen molar-refractivity contribution in [3.05, 3.63) is 71.8 Å². The maximum absolute atomic E-state index is 12.2. The largest absolute Gasteiger partial charge is 0.480 e. The lowest BCUT2D eigenvalue weighted by Gasteiger charge is -2.40. The lowest BCUT2D eigenvalue weighted by atomic mass is 9.76. The smallest absolute Gasteiger partial charge is 0.320 e. The van der Waals surface area contributed by atoms with Gasteiger partial charge in [-0.25, -0.2) is 9.97 Å². The summed E-state index contributed by atoms with van der Waals surface area (Å²) in [4.78, 5) is 34.4. The number of carbonyl (C=O) groups is 1. The van der Waals surface area contributed by atoms with E-state index in [1.807, 2.05) is 12.4 Å². The van der Waals surface area contributed by atoms with E-state index in [4.69, 9.17) is 0 Å². The number of aliphatic carboxylic acids is 1. The molecular weight excluding hydrogens is 478 g/mol. The van der Waals surface area contributed by atoms with Crippen LogP contribution in [0.2, 0.25) is 0 Å². The normalized spacial score (nSPS) is 20.2. The van der Waals surface area contributed by atoms with Crippen LogP contribution in [0.4, 0.5) is 0 Å². The second kappa shape index (κ2) is 11.8. The molecule has 38 heavy (non-hydrogen) atoms. The third kappa shape index (κ3) is 6.70. The Morgan fingerprint density at radius 2 is 1.63 bits per heavy atom. The first-order valence-electron chi connectivity index (χ1n) is 13.8. The lowest BCUT2D eigenvalue weighted by molar-refractivity contribution is -0.142. The van der Waals surface area contributed by atoms with Crippen molar-refractivity contribution in [3.8, 4) is 0 Å². The molecule has 3 N–H and O–H groups in total. The number of carboxylic acid groups (broad SMARTS) is 1. The van der Waals surface area contributed by atoms with Crippen molar-refractivity contribution < 1.29 is 9.90 Å². The van der Waals surface area contributed by atoms with Gasteiger partial charge in [0, 0.05) is 51.0 Å². The third-order valence-corrected chi connectivity index (χ3v) is 8.10. The van der Waals surface area contributed by atoms with Crippen LogP contribution in [0.25, 0.3) is 0 Å². The van der Waals surface area contributed by atoms with E-state index >= 15 is 0 Å². The number of benzene rings is 1. The van der Waals surface area contributed by atoms with Gasteiger partial charge in [0.15, 0.2) is 0 Å². The van der Waals surface area contributed by atoms with E-state index in [1.54, 1.807) is 12.4 Å². The molecule has 3 aromatic rings. The Balaban J connectivity index is 1.21. The fraction of sp³-hybridized carbons (Fsp3) is 0.552. The number of imidazole rings is 2. The maximum atomic E-state index is 12.2. The molecule has 9 nitrogen and oxygen atoms in total. The monoisotopic (exact) mass is 519 g/mol. The van der Waals surface area contributed by atoms with Crippen LogP contribution in [0.1, 0.15) is 55.9 Å². The Hall–Kier alpha value is -3.01. The molecule has 0 radical (unpaired) electrons. The SMILES string of the molecule is CC(C)CN1CCC2(CC1)CC(C(=O)O)N(Cc1ccc(CN(Cc3ncc[nH]3)Cc3ncc[nH]3)cc1)C2. The summed E-state index contributed by atoms with van der Waals surface area (Å²) >= 11 is 0. The highest BCUT2D eigenvalue weighted by atomic mass is 16.4. The molecule has 2 saturated heterocycles. The number of H-pyrrole nitrogens is 2. The number of aromatic nitrogens is 4. The quantitative estimate of drug-likeness (QED) is 0.355. The molecule has 1 atom stereocenters. The summed E-state index contributed by atoms with van der Waals surface area (Å²) in [6.07, 6.45) is 10.2. The number of carboxylic acids is 1. The molecule has 1 aromatic carbocycles.